The lowest BCUT2D eigenvalue weighted by atomic mass is 10.1. The molecule has 7 heteroatoms. The van der Waals surface area contributed by atoms with Crippen LogP contribution in [0.5, 0.6) is 0 Å². The molecule has 0 radical (unpaired) electrons. The van der Waals surface area contributed by atoms with Gasteiger partial charge < -0.3 is 20.5 Å². The molecule has 1 aromatic carbocycles. The number of benzene rings is 1. The summed E-state index contributed by atoms with van der Waals surface area (Å²) in [6.45, 7) is 0.483. The number of para-hydroxylation sites is 1. The van der Waals surface area contributed by atoms with E-state index < -0.39 is 11.8 Å². The number of carboxylic acid groups (broad SMARTS) is 1. The van der Waals surface area contributed by atoms with Crippen molar-refractivity contribution in [2.24, 2.45) is 0 Å². The highest BCUT2D eigenvalue weighted by molar-refractivity contribution is 5.95. The quantitative estimate of drug-likeness (QED) is 0.635. The minimum absolute atomic E-state index is 0.197. The molecule has 0 heterocycles. The second-order valence-corrected chi connectivity index (χ2v) is 3.66. The number of amides is 1. The minimum atomic E-state index is -1.26. The molecule has 0 saturated heterocycles. The maximum absolute atomic E-state index is 13.5. The van der Waals surface area contributed by atoms with E-state index in [1.165, 1.54) is 19.2 Å². The average molecular weight is 270 g/mol. The Morgan fingerprint density at radius 3 is 2.79 bits per heavy atom. The first-order valence-electron chi connectivity index (χ1n) is 5.57. The number of carbonyl (C=O) groups is 2. The standard InChI is InChI=1S/C12H15FN2O4/c1-19-6-5-14-10(16)7-15-11-8(12(17)18)3-2-4-9(11)13/h2-4,15H,5-7H2,1H3,(H,14,16)(H,17,18). The van der Waals surface area contributed by atoms with Gasteiger partial charge in [0, 0.05) is 13.7 Å². The lowest BCUT2D eigenvalue weighted by Gasteiger charge is -2.10. The molecule has 0 atom stereocenters. The van der Waals surface area contributed by atoms with Crippen LogP contribution in [0.2, 0.25) is 0 Å². The van der Waals surface area contributed by atoms with Gasteiger partial charge in [-0.2, -0.15) is 0 Å². The molecule has 0 aliphatic carbocycles. The number of nitrogens with one attached hydrogen (secondary N) is 2. The van der Waals surface area contributed by atoms with Gasteiger partial charge in [-0.3, -0.25) is 4.79 Å². The van der Waals surface area contributed by atoms with Crippen molar-refractivity contribution in [3.8, 4) is 0 Å². The Labute approximate surface area is 109 Å². The molecule has 0 fully saturated rings. The normalized spacial score (nSPS) is 10.0. The van der Waals surface area contributed by atoms with Gasteiger partial charge in [-0.15, -0.1) is 0 Å². The number of halogens is 1. The number of anilines is 1. The van der Waals surface area contributed by atoms with E-state index >= 15 is 0 Å². The number of ether oxygens (including phenoxy) is 1. The highest BCUT2D eigenvalue weighted by Crippen LogP contribution is 2.19. The summed E-state index contributed by atoms with van der Waals surface area (Å²) in [6, 6.07) is 3.68. The fourth-order valence-electron chi connectivity index (χ4n) is 1.41. The lowest BCUT2D eigenvalue weighted by Crippen LogP contribution is -2.32. The molecule has 6 nitrogen and oxygen atoms in total. The van der Waals surface area contributed by atoms with Crippen LogP contribution in [0.25, 0.3) is 0 Å². The van der Waals surface area contributed by atoms with Crippen molar-refractivity contribution in [1.82, 2.24) is 5.32 Å². The van der Waals surface area contributed by atoms with Gasteiger partial charge >= 0.3 is 5.97 Å². The van der Waals surface area contributed by atoms with Crippen LogP contribution >= 0.6 is 0 Å². The van der Waals surface area contributed by atoms with Crippen molar-refractivity contribution in [1.29, 1.82) is 0 Å². The molecular weight excluding hydrogens is 255 g/mol. The molecular formula is C12H15FN2O4. The smallest absolute Gasteiger partial charge is 0.337 e. The van der Waals surface area contributed by atoms with E-state index in [4.69, 9.17) is 9.84 Å². The Balaban J connectivity index is 2.62. The Morgan fingerprint density at radius 2 is 2.16 bits per heavy atom. The summed E-state index contributed by atoms with van der Waals surface area (Å²) in [7, 11) is 1.50. The van der Waals surface area contributed by atoms with Crippen LogP contribution in [0.15, 0.2) is 18.2 Å². The predicted molar refractivity (Wildman–Crippen MR) is 66.7 cm³/mol. The van der Waals surface area contributed by atoms with Gasteiger partial charge in [0.25, 0.3) is 0 Å². The van der Waals surface area contributed by atoms with Crippen molar-refractivity contribution in [2.75, 3.05) is 32.1 Å². The van der Waals surface area contributed by atoms with Crippen molar-refractivity contribution in [2.45, 2.75) is 0 Å². The molecule has 1 amide bonds. The van der Waals surface area contributed by atoms with E-state index in [9.17, 15) is 14.0 Å². The van der Waals surface area contributed by atoms with Gasteiger partial charge in [-0.25, -0.2) is 9.18 Å². The average Bonchev–Trinajstić information content (AvgIpc) is 2.37. The Kier molecular flexibility index (Phi) is 5.74. The van der Waals surface area contributed by atoms with E-state index in [0.717, 1.165) is 6.07 Å². The highest BCUT2D eigenvalue weighted by atomic mass is 19.1. The summed E-state index contributed by atoms with van der Waals surface area (Å²) in [5, 5.41) is 13.9. The van der Waals surface area contributed by atoms with E-state index in [-0.39, 0.29) is 23.7 Å². The van der Waals surface area contributed by atoms with Crippen LogP contribution in [0.1, 0.15) is 10.4 Å². The third kappa shape index (κ3) is 4.55. The molecule has 19 heavy (non-hydrogen) atoms. The third-order valence-corrected chi connectivity index (χ3v) is 2.30. The van der Waals surface area contributed by atoms with Gasteiger partial charge in [-0.1, -0.05) is 6.07 Å². The second kappa shape index (κ2) is 7.32. The summed E-state index contributed by atoms with van der Waals surface area (Å²) >= 11 is 0. The van der Waals surface area contributed by atoms with Gasteiger partial charge in [0.05, 0.1) is 24.4 Å². The van der Waals surface area contributed by atoms with Crippen LogP contribution in [0.3, 0.4) is 0 Å². The summed E-state index contributed by atoms with van der Waals surface area (Å²) < 4.78 is 18.2. The highest BCUT2D eigenvalue weighted by Gasteiger charge is 2.14. The Morgan fingerprint density at radius 1 is 1.42 bits per heavy atom. The summed E-state index contributed by atoms with van der Waals surface area (Å²) in [6.07, 6.45) is 0. The zero-order chi connectivity index (χ0) is 14.3. The summed E-state index contributed by atoms with van der Waals surface area (Å²) in [5.41, 5.74) is -0.415. The number of rotatable bonds is 7. The minimum Gasteiger partial charge on any atom is -0.478 e. The fourth-order valence-corrected chi connectivity index (χ4v) is 1.41. The molecule has 0 aliphatic rings. The molecule has 3 N–H and O–H groups in total. The van der Waals surface area contributed by atoms with Crippen LogP contribution in [0, 0.1) is 5.82 Å². The van der Waals surface area contributed by atoms with E-state index in [1.807, 2.05) is 0 Å². The van der Waals surface area contributed by atoms with Crippen molar-refractivity contribution in [3.05, 3.63) is 29.6 Å². The fraction of sp³-hybridized carbons (Fsp3) is 0.333. The van der Waals surface area contributed by atoms with Crippen LogP contribution in [0.4, 0.5) is 10.1 Å². The molecule has 0 aromatic heterocycles. The van der Waals surface area contributed by atoms with E-state index in [2.05, 4.69) is 10.6 Å². The zero-order valence-corrected chi connectivity index (χ0v) is 10.4. The van der Waals surface area contributed by atoms with Crippen molar-refractivity contribution in [3.63, 3.8) is 0 Å². The Hall–Kier alpha value is -2.15. The first-order chi connectivity index (χ1) is 9.06. The third-order valence-electron chi connectivity index (χ3n) is 2.30. The van der Waals surface area contributed by atoms with Crippen molar-refractivity contribution < 1.29 is 23.8 Å². The topological polar surface area (TPSA) is 87.7 Å². The van der Waals surface area contributed by atoms with Crippen LogP contribution in [-0.4, -0.2) is 43.8 Å². The SMILES string of the molecule is COCCNC(=O)CNc1c(F)cccc1C(=O)O. The molecule has 104 valence electrons. The molecule has 0 bridgehead atoms. The largest absolute Gasteiger partial charge is 0.478 e. The molecule has 1 rings (SSSR count). The van der Waals surface area contributed by atoms with E-state index in [1.54, 1.807) is 0 Å². The van der Waals surface area contributed by atoms with Crippen LogP contribution in [-0.2, 0) is 9.53 Å². The molecule has 0 saturated carbocycles. The number of carboxylic acids is 1. The summed E-state index contributed by atoms with van der Waals surface area (Å²) in [5.74, 6) is -2.36. The number of hydrogen-bond donors (Lipinski definition) is 3. The zero-order valence-electron chi connectivity index (χ0n) is 10.4. The maximum Gasteiger partial charge on any atom is 0.337 e. The Bertz CT molecular complexity index is 465. The van der Waals surface area contributed by atoms with E-state index in [0.29, 0.717) is 13.2 Å². The monoisotopic (exact) mass is 270 g/mol. The lowest BCUT2D eigenvalue weighted by molar-refractivity contribution is -0.119. The molecule has 0 aliphatic heterocycles. The first-order valence-corrected chi connectivity index (χ1v) is 5.57. The maximum atomic E-state index is 13.5. The van der Waals surface area contributed by atoms with Gasteiger partial charge in [-0.05, 0) is 12.1 Å². The number of hydrogen-bond acceptors (Lipinski definition) is 4. The predicted octanol–water partition coefficient (Wildman–Crippen LogP) is 0.698. The second-order valence-electron chi connectivity index (χ2n) is 3.66. The molecule has 0 spiro atoms. The molecule has 0 unspecified atom stereocenters. The molecule has 1 aromatic rings. The first kappa shape index (κ1) is 14.9. The van der Waals surface area contributed by atoms with Crippen LogP contribution < -0.4 is 10.6 Å². The van der Waals surface area contributed by atoms with Gasteiger partial charge in [0.2, 0.25) is 5.91 Å². The summed E-state index contributed by atoms with van der Waals surface area (Å²) in [4.78, 5) is 22.3. The van der Waals surface area contributed by atoms with Crippen molar-refractivity contribution >= 4 is 17.6 Å². The number of methoxy groups -OCH3 is 1. The number of carbonyl (C=O) groups excluding carboxylic acids is 1. The van der Waals surface area contributed by atoms with Gasteiger partial charge in [0.1, 0.15) is 5.82 Å². The van der Waals surface area contributed by atoms with Gasteiger partial charge in [0.15, 0.2) is 0 Å². The number of aromatic carboxylic acids is 1.